The summed E-state index contributed by atoms with van der Waals surface area (Å²) in [5.41, 5.74) is 0. The van der Waals surface area contributed by atoms with Gasteiger partial charge in [-0.05, 0) is 6.92 Å². The summed E-state index contributed by atoms with van der Waals surface area (Å²) < 4.78 is 4.76. The Morgan fingerprint density at radius 3 is 2.77 bits per heavy atom. The maximum Gasteiger partial charge on any atom is 0.335 e. The van der Waals surface area contributed by atoms with Gasteiger partial charge in [-0.15, -0.1) is 0 Å². The number of rotatable bonds is 3. The first-order chi connectivity index (χ1) is 6.33. The summed E-state index contributed by atoms with van der Waals surface area (Å²) in [6.45, 7) is 2.23. The van der Waals surface area contributed by atoms with E-state index in [0.717, 1.165) is 13.5 Å². The quantitative estimate of drug-likeness (QED) is 0.540. The molecule has 3 heteroatoms. The monoisotopic (exact) mass is 194 g/mol. The molecule has 2 nitrogen and oxygen atoms in total. The van der Waals surface area contributed by atoms with Crippen molar-refractivity contribution >= 4 is 25.3 Å². The van der Waals surface area contributed by atoms with Crippen molar-refractivity contribution in [3.05, 3.63) is 30.3 Å². The molecule has 1 rings (SSSR count). The first-order valence-electron chi connectivity index (χ1n) is 4.09. The molecule has 0 atom stereocenters. The van der Waals surface area contributed by atoms with Crippen molar-refractivity contribution in [3.63, 3.8) is 0 Å². The normalized spacial score (nSPS) is 10.2. The predicted octanol–water partition coefficient (Wildman–Crippen LogP) is 1.62. The van der Waals surface area contributed by atoms with Gasteiger partial charge in [0.2, 0.25) is 0 Å². The molecule has 0 spiro atoms. The van der Waals surface area contributed by atoms with E-state index in [9.17, 15) is 4.79 Å². The molecule has 68 valence electrons. The Kier molecular flexibility index (Phi) is 4.20. The van der Waals surface area contributed by atoms with Gasteiger partial charge in [0, 0.05) is 5.30 Å². The molecule has 0 radical (unpaired) electrons. The maximum absolute atomic E-state index is 10.9. The third kappa shape index (κ3) is 3.86. The fourth-order valence-electron chi connectivity index (χ4n) is 0.821. The van der Waals surface area contributed by atoms with Gasteiger partial charge in [-0.2, -0.15) is 0 Å². The van der Waals surface area contributed by atoms with E-state index < -0.39 is 0 Å². The molecule has 0 saturated carbocycles. The zero-order chi connectivity index (χ0) is 9.52. The van der Waals surface area contributed by atoms with Crippen LogP contribution in [0, 0.1) is 0 Å². The molecule has 0 bridgehead atoms. The second-order valence-electron chi connectivity index (χ2n) is 2.35. The van der Waals surface area contributed by atoms with Crippen LogP contribution in [-0.2, 0) is 9.53 Å². The molecule has 1 aromatic rings. The number of benzene rings is 1. The number of ether oxygens (including phenoxy) is 1. The fraction of sp³-hybridized carbons (Fsp3) is 0.200. The summed E-state index contributed by atoms with van der Waals surface area (Å²) in [4.78, 5) is 10.9. The number of carbonyl (C=O) groups excluding carboxylic acids is 1. The molecule has 0 amide bonds. The molecule has 0 aromatic heterocycles. The number of esters is 1. The second-order valence-corrected chi connectivity index (χ2v) is 3.38. The predicted molar refractivity (Wildman–Crippen MR) is 55.7 cm³/mol. The molecule has 0 N–H and O–H groups in total. The standard InChI is InChI=1S/C10H11O2P/c1-2-12-10(11)8-13-9-6-4-3-5-7-9/h3-8H,2H2,1H3. The Morgan fingerprint density at radius 1 is 1.46 bits per heavy atom. The second kappa shape index (κ2) is 5.50. The van der Waals surface area contributed by atoms with Gasteiger partial charge in [-0.3, -0.25) is 0 Å². The molecule has 1 aromatic carbocycles. The smallest absolute Gasteiger partial charge is 0.335 e. The summed E-state index contributed by atoms with van der Waals surface area (Å²) >= 11 is 0. The summed E-state index contributed by atoms with van der Waals surface area (Å²) in [5, 5.41) is 1.09. The van der Waals surface area contributed by atoms with Crippen LogP contribution in [0.2, 0.25) is 0 Å². The van der Waals surface area contributed by atoms with Crippen LogP contribution in [0.1, 0.15) is 6.92 Å². The van der Waals surface area contributed by atoms with Gasteiger partial charge in [-0.25, -0.2) is 4.79 Å². The van der Waals surface area contributed by atoms with E-state index in [1.165, 1.54) is 5.80 Å². The van der Waals surface area contributed by atoms with Gasteiger partial charge in [-0.1, -0.05) is 38.5 Å². The van der Waals surface area contributed by atoms with Gasteiger partial charge >= 0.3 is 5.97 Å². The molecule has 0 heterocycles. The van der Waals surface area contributed by atoms with E-state index in [0.29, 0.717) is 6.61 Å². The van der Waals surface area contributed by atoms with Crippen molar-refractivity contribution in [1.29, 1.82) is 0 Å². The summed E-state index contributed by atoms with van der Waals surface area (Å²) in [6.07, 6.45) is 0. The first kappa shape index (κ1) is 9.94. The Balaban J connectivity index is 2.54. The highest BCUT2D eigenvalue weighted by molar-refractivity contribution is 7.49. The number of hydrogen-bond donors (Lipinski definition) is 0. The van der Waals surface area contributed by atoms with Crippen molar-refractivity contribution in [2.24, 2.45) is 0 Å². The van der Waals surface area contributed by atoms with E-state index in [2.05, 4.69) is 0 Å². The molecule has 0 aliphatic rings. The maximum atomic E-state index is 10.9. The Hall–Kier alpha value is -1.14. The van der Waals surface area contributed by atoms with Gasteiger partial charge in [0.15, 0.2) is 0 Å². The molecule has 0 unspecified atom stereocenters. The lowest BCUT2D eigenvalue weighted by Crippen LogP contribution is -2.04. The zero-order valence-corrected chi connectivity index (χ0v) is 8.33. The van der Waals surface area contributed by atoms with E-state index >= 15 is 0 Å². The molecular weight excluding hydrogens is 183 g/mol. The lowest BCUT2D eigenvalue weighted by molar-refractivity contribution is -0.134. The van der Waals surface area contributed by atoms with Crippen molar-refractivity contribution in [3.8, 4) is 0 Å². The van der Waals surface area contributed by atoms with Gasteiger partial charge in [0.25, 0.3) is 0 Å². The van der Waals surface area contributed by atoms with Crippen molar-refractivity contribution in [1.82, 2.24) is 0 Å². The van der Waals surface area contributed by atoms with Gasteiger partial charge in [0.05, 0.1) is 12.4 Å². The zero-order valence-electron chi connectivity index (χ0n) is 7.43. The average Bonchev–Trinajstić information content (AvgIpc) is 2.17. The molecular formula is C10H11O2P. The third-order valence-corrected chi connectivity index (χ3v) is 2.30. The minimum absolute atomic E-state index is 0.256. The van der Waals surface area contributed by atoms with E-state index in [1.54, 1.807) is 6.92 Å². The third-order valence-electron chi connectivity index (χ3n) is 1.36. The number of carbonyl (C=O) groups is 1. The van der Waals surface area contributed by atoms with Crippen LogP contribution in [0.15, 0.2) is 30.3 Å². The van der Waals surface area contributed by atoms with Crippen LogP contribution in [-0.4, -0.2) is 18.4 Å². The highest BCUT2D eigenvalue weighted by Crippen LogP contribution is 1.96. The van der Waals surface area contributed by atoms with E-state index in [1.807, 2.05) is 30.3 Å². The summed E-state index contributed by atoms with van der Waals surface area (Å²) in [7, 11) is 0.882. The van der Waals surface area contributed by atoms with Crippen LogP contribution >= 0.6 is 8.20 Å². The van der Waals surface area contributed by atoms with Crippen LogP contribution in [0.25, 0.3) is 0 Å². The van der Waals surface area contributed by atoms with Crippen molar-refractivity contribution < 1.29 is 9.53 Å². The van der Waals surface area contributed by atoms with Crippen molar-refractivity contribution in [2.75, 3.05) is 6.61 Å². The number of hydrogen-bond acceptors (Lipinski definition) is 2. The van der Waals surface area contributed by atoms with Crippen molar-refractivity contribution in [2.45, 2.75) is 6.92 Å². The topological polar surface area (TPSA) is 26.3 Å². The Morgan fingerprint density at radius 2 is 2.15 bits per heavy atom. The average molecular weight is 194 g/mol. The molecule has 0 fully saturated rings. The summed E-state index contributed by atoms with van der Waals surface area (Å²) in [6, 6.07) is 9.78. The van der Waals surface area contributed by atoms with Crippen LogP contribution in [0.5, 0.6) is 0 Å². The molecule has 13 heavy (non-hydrogen) atoms. The highest BCUT2D eigenvalue weighted by Gasteiger charge is 1.93. The molecule has 0 aliphatic heterocycles. The minimum Gasteiger partial charge on any atom is -0.463 e. The van der Waals surface area contributed by atoms with Gasteiger partial charge in [0.1, 0.15) is 0 Å². The van der Waals surface area contributed by atoms with E-state index in [-0.39, 0.29) is 5.97 Å². The van der Waals surface area contributed by atoms with Crippen LogP contribution in [0.3, 0.4) is 0 Å². The SMILES string of the molecule is CCOC(=O)C=Pc1ccccc1. The summed E-state index contributed by atoms with van der Waals surface area (Å²) in [5.74, 6) is 1.27. The molecule has 0 aliphatic carbocycles. The lowest BCUT2D eigenvalue weighted by atomic mass is 10.4. The van der Waals surface area contributed by atoms with E-state index in [4.69, 9.17) is 4.74 Å². The molecule has 0 saturated heterocycles. The Bertz CT molecular complexity index is 293. The minimum atomic E-state index is -0.256. The lowest BCUT2D eigenvalue weighted by Gasteiger charge is -1.94. The first-order valence-corrected chi connectivity index (χ1v) is 5.05. The van der Waals surface area contributed by atoms with Crippen LogP contribution < -0.4 is 5.30 Å². The van der Waals surface area contributed by atoms with Crippen LogP contribution in [0.4, 0.5) is 0 Å². The van der Waals surface area contributed by atoms with Gasteiger partial charge < -0.3 is 4.74 Å². The fourth-order valence-corrected chi connectivity index (χ4v) is 1.49. The highest BCUT2D eigenvalue weighted by atomic mass is 31.1. The largest absolute Gasteiger partial charge is 0.463 e. The Labute approximate surface area is 79.3 Å².